The molecular weight excluding hydrogens is 236 g/mol. The third kappa shape index (κ3) is 2.67. The van der Waals surface area contributed by atoms with E-state index in [-0.39, 0.29) is 0 Å². The van der Waals surface area contributed by atoms with Crippen LogP contribution in [0.4, 0.5) is 0 Å². The standard InChI is InChI=1S/C12H10N2O2S/c1-8(15)10-3-2-9(7-13)6-11(10)17-12-14-4-5-16-12/h2-6,8,15H,1H3. The molecule has 0 saturated heterocycles. The fourth-order valence-corrected chi connectivity index (χ4v) is 2.34. The lowest BCUT2D eigenvalue weighted by Crippen LogP contribution is -1.94. The number of hydrogen-bond donors (Lipinski definition) is 1. The van der Waals surface area contributed by atoms with Gasteiger partial charge in [0.1, 0.15) is 6.26 Å². The first-order chi connectivity index (χ1) is 8.20. The lowest BCUT2D eigenvalue weighted by Gasteiger charge is -2.10. The smallest absolute Gasteiger partial charge is 0.260 e. The highest BCUT2D eigenvalue weighted by molar-refractivity contribution is 7.99. The maximum atomic E-state index is 9.65. The first-order valence-electron chi connectivity index (χ1n) is 5.00. The second-order valence-electron chi connectivity index (χ2n) is 3.44. The molecule has 0 bridgehead atoms. The minimum Gasteiger partial charge on any atom is -0.440 e. The molecule has 1 unspecified atom stereocenters. The van der Waals surface area contributed by atoms with E-state index in [2.05, 4.69) is 11.1 Å². The first kappa shape index (κ1) is 11.7. The molecule has 4 nitrogen and oxygen atoms in total. The lowest BCUT2D eigenvalue weighted by molar-refractivity contribution is 0.196. The molecule has 0 radical (unpaired) electrons. The van der Waals surface area contributed by atoms with Crippen molar-refractivity contribution in [2.75, 3.05) is 0 Å². The van der Waals surface area contributed by atoms with Crippen LogP contribution in [0.1, 0.15) is 24.2 Å². The van der Waals surface area contributed by atoms with E-state index in [1.807, 2.05) is 0 Å². The Bertz CT molecular complexity index is 544. The Hall–Kier alpha value is -1.77. The normalized spacial score (nSPS) is 12.1. The predicted octanol–water partition coefficient (Wildman–Crippen LogP) is 2.75. The molecule has 5 heteroatoms. The van der Waals surface area contributed by atoms with Crippen molar-refractivity contribution in [3.8, 4) is 6.07 Å². The Balaban J connectivity index is 2.39. The maximum Gasteiger partial charge on any atom is 0.260 e. The maximum absolute atomic E-state index is 9.65. The summed E-state index contributed by atoms with van der Waals surface area (Å²) in [5, 5.41) is 19.0. The van der Waals surface area contributed by atoms with E-state index in [1.54, 1.807) is 31.3 Å². The predicted molar refractivity (Wildman–Crippen MR) is 62.4 cm³/mol. The summed E-state index contributed by atoms with van der Waals surface area (Å²) in [6, 6.07) is 7.21. The van der Waals surface area contributed by atoms with E-state index in [0.717, 1.165) is 10.5 Å². The number of benzene rings is 1. The van der Waals surface area contributed by atoms with E-state index in [4.69, 9.17) is 9.68 Å². The quantitative estimate of drug-likeness (QED) is 0.901. The van der Waals surface area contributed by atoms with Crippen LogP contribution in [0.25, 0.3) is 0 Å². The molecule has 1 atom stereocenters. The van der Waals surface area contributed by atoms with Crippen molar-refractivity contribution in [3.63, 3.8) is 0 Å². The van der Waals surface area contributed by atoms with Crippen LogP contribution >= 0.6 is 11.8 Å². The Morgan fingerprint density at radius 2 is 2.35 bits per heavy atom. The number of aliphatic hydroxyl groups excluding tert-OH is 1. The Kier molecular flexibility index (Phi) is 3.47. The summed E-state index contributed by atoms with van der Waals surface area (Å²) >= 11 is 1.29. The van der Waals surface area contributed by atoms with Gasteiger partial charge < -0.3 is 9.52 Å². The molecule has 2 aromatic rings. The van der Waals surface area contributed by atoms with Gasteiger partial charge in [-0.1, -0.05) is 6.07 Å². The minimum absolute atomic E-state index is 0.488. The lowest BCUT2D eigenvalue weighted by atomic mass is 10.1. The zero-order valence-electron chi connectivity index (χ0n) is 9.12. The Morgan fingerprint density at radius 3 is 2.94 bits per heavy atom. The van der Waals surface area contributed by atoms with Crippen molar-refractivity contribution in [3.05, 3.63) is 41.8 Å². The molecule has 17 heavy (non-hydrogen) atoms. The summed E-state index contributed by atoms with van der Waals surface area (Å²) in [6.45, 7) is 1.68. The van der Waals surface area contributed by atoms with Crippen LogP contribution in [-0.4, -0.2) is 10.1 Å². The molecule has 1 aromatic heterocycles. The summed E-state index contributed by atoms with van der Waals surface area (Å²) in [4.78, 5) is 4.78. The highest BCUT2D eigenvalue weighted by Crippen LogP contribution is 2.33. The van der Waals surface area contributed by atoms with Gasteiger partial charge in [0.2, 0.25) is 0 Å². The van der Waals surface area contributed by atoms with Crippen LogP contribution in [0.2, 0.25) is 0 Å². The minimum atomic E-state index is -0.597. The number of aliphatic hydroxyl groups is 1. The second kappa shape index (κ2) is 5.04. The number of nitrogens with zero attached hydrogens (tertiary/aromatic N) is 2. The monoisotopic (exact) mass is 246 g/mol. The summed E-state index contributed by atoms with van der Waals surface area (Å²) in [5.41, 5.74) is 1.30. The highest BCUT2D eigenvalue weighted by atomic mass is 32.2. The molecule has 0 amide bonds. The molecule has 0 spiro atoms. The number of hydrogen-bond acceptors (Lipinski definition) is 5. The van der Waals surface area contributed by atoms with E-state index < -0.39 is 6.10 Å². The van der Waals surface area contributed by atoms with Gasteiger partial charge in [0.15, 0.2) is 0 Å². The molecular formula is C12H10N2O2S. The summed E-state index contributed by atoms with van der Waals surface area (Å²) < 4.78 is 5.13. The van der Waals surface area contributed by atoms with Crippen molar-refractivity contribution in [1.82, 2.24) is 4.98 Å². The third-order valence-electron chi connectivity index (χ3n) is 2.20. The molecule has 86 valence electrons. The van der Waals surface area contributed by atoms with Crippen molar-refractivity contribution in [2.45, 2.75) is 23.1 Å². The molecule has 2 rings (SSSR count). The Labute approximate surface area is 103 Å². The van der Waals surface area contributed by atoms with Gasteiger partial charge in [0.05, 0.1) is 23.9 Å². The van der Waals surface area contributed by atoms with Gasteiger partial charge in [0, 0.05) is 4.90 Å². The van der Waals surface area contributed by atoms with E-state index in [1.165, 1.54) is 18.0 Å². The van der Waals surface area contributed by atoms with Crippen molar-refractivity contribution >= 4 is 11.8 Å². The van der Waals surface area contributed by atoms with Crippen molar-refractivity contribution < 1.29 is 9.52 Å². The fourth-order valence-electron chi connectivity index (χ4n) is 1.39. The number of aromatic nitrogens is 1. The average Bonchev–Trinajstić information content (AvgIpc) is 2.81. The van der Waals surface area contributed by atoms with Crippen LogP contribution in [0.5, 0.6) is 0 Å². The third-order valence-corrected chi connectivity index (χ3v) is 3.15. The SMILES string of the molecule is CC(O)c1ccc(C#N)cc1Sc1ncco1. The molecule has 1 aromatic carbocycles. The summed E-state index contributed by atoms with van der Waals surface area (Å²) in [6.07, 6.45) is 2.44. The molecule has 0 aliphatic rings. The summed E-state index contributed by atoms with van der Waals surface area (Å²) in [7, 11) is 0. The zero-order chi connectivity index (χ0) is 12.3. The average molecular weight is 246 g/mol. The molecule has 1 heterocycles. The van der Waals surface area contributed by atoms with Gasteiger partial charge in [-0.3, -0.25) is 0 Å². The largest absolute Gasteiger partial charge is 0.440 e. The second-order valence-corrected chi connectivity index (χ2v) is 4.43. The van der Waals surface area contributed by atoms with E-state index in [9.17, 15) is 5.11 Å². The molecule has 0 aliphatic carbocycles. The topological polar surface area (TPSA) is 70.0 Å². The fraction of sp³-hybridized carbons (Fsp3) is 0.167. The van der Waals surface area contributed by atoms with Gasteiger partial charge in [-0.15, -0.1) is 0 Å². The van der Waals surface area contributed by atoms with E-state index >= 15 is 0 Å². The molecule has 0 saturated carbocycles. The van der Waals surface area contributed by atoms with Crippen molar-refractivity contribution in [2.24, 2.45) is 0 Å². The van der Waals surface area contributed by atoms with Crippen LogP contribution in [0.3, 0.4) is 0 Å². The van der Waals surface area contributed by atoms with Crippen LogP contribution in [0.15, 0.2) is 45.2 Å². The Morgan fingerprint density at radius 1 is 1.53 bits per heavy atom. The van der Waals surface area contributed by atoms with Crippen LogP contribution < -0.4 is 0 Å². The van der Waals surface area contributed by atoms with Gasteiger partial charge in [-0.25, -0.2) is 4.98 Å². The van der Waals surface area contributed by atoms with Gasteiger partial charge in [0.25, 0.3) is 5.22 Å². The van der Waals surface area contributed by atoms with Crippen LogP contribution in [0, 0.1) is 11.3 Å². The number of rotatable bonds is 3. The van der Waals surface area contributed by atoms with Gasteiger partial charge in [-0.2, -0.15) is 5.26 Å². The van der Waals surface area contributed by atoms with Gasteiger partial charge in [-0.05, 0) is 36.4 Å². The molecule has 0 fully saturated rings. The number of oxazole rings is 1. The highest BCUT2D eigenvalue weighted by Gasteiger charge is 2.12. The van der Waals surface area contributed by atoms with Gasteiger partial charge >= 0.3 is 0 Å². The summed E-state index contributed by atoms with van der Waals surface area (Å²) in [5.74, 6) is 0. The van der Waals surface area contributed by atoms with Crippen molar-refractivity contribution in [1.29, 1.82) is 5.26 Å². The molecule has 0 aliphatic heterocycles. The first-order valence-corrected chi connectivity index (χ1v) is 5.82. The molecule has 1 N–H and O–H groups in total. The number of nitriles is 1. The van der Waals surface area contributed by atoms with E-state index in [0.29, 0.717) is 10.8 Å². The van der Waals surface area contributed by atoms with Crippen LogP contribution in [-0.2, 0) is 0 Å². The zero-order valence-corrected chi connectivity index (χ0v) is 9.94.